The van der Waals surface area contributed by atoms with Crippen molar-refractivity contribution >= 4 is 15.8 Å². The van der Waals surface area contributed by atoms with Gasteiger partial charge in [-0.15, -0.1) is 0 Å². The van der Waals surface area contributed by atoms with Crippen LogP contribution in [0.15, 0.2) is 0 Å². The molecule has 0 amide bonds. The highest BCUT2D eigenvalue weighted by Crippen LogP contribution is 2.25. The second-order valence-electron chi connectivity index (χ2n) is 4.07. The van der Waals surface area contributed by atoms with Gasteiger partial charge in [-0.25, -0.2) is 8.42 Å². The second-order valence-corrected chi connectivity index (χ2v) is 6.57. The van der Waals surface area contributed by atoms with Crippen LogP contribution in [-0.2, 0) is 19.4 Å². The van der Waals surface area contributed by atoms with Crippen LogP contribution in [0.4, 0.5) is 0 Å². The highest BCUT2D eigenvalue weighted by atomic mass is 32.2. The lowest BCUT2D eigenvalue weighted by molar-refractivity contribution is -0.137. The summed E-state index contributed by atoms with van der Waals surface area (Å²) in [7, 11) is -2.24. The molecule has 1 unspecified atom stereocenters. The Bertz CT molecular complexity index is 330. The summed E-state index contributed by atoms with van der Waals surface area (Å²) in [5.41, 5.74) is 0. The molecule has 1 fully saturated rings. The first kappa shape index (κ1) is 12.4. The third kappa shape index (κ3) is 2.69. The van der Waals surface area contributed by atoms with Crippen molar-refractivity contribution in [3.63, 3.8) is 0 Å². The number of hydrogen-bond donors (Lipinski definition) is 1. The van der Waals surface area contributed by atoms with E-state index in [0.29, 0.717) is 13.0 Å². The van der Waals surface area contributed by atoms with Gasteiger partial charge in [0.1, 0.15) is 5.75 Å². The van der Waals surface area contributed by atoms with Gasteiger partial charge in [-0.1, -0.05) is 0 Å². The van der Waals surface area contributed by atoms with E-state index in [-0.39, 0.29) is 0 Å². The summed E-state index contributed by atoms with van der Waals surface area (Å²) in [6.07, 6.45) is 1.41. The van der Waals surface area contributed by atoms with Gasteiger partial charge in [0.2, 0.25) is 0 Å². The lowest BCUT2D eigenvalue weighted by Gasteiger charge is -2.33. The van der Waals surface area contributed by atoms with Gasteiger partial charge < -0.3 is 10.1 Å². The average Bonchev–Trinajstić information content (AvgIpc) is 2.18. The molecule has 0 bridgehead atoms. The van der Waals surface area contributed by atoms with Gasteiger partial charge in [0, 0.05) is 6.54 Å². The molecule has 1 heterocycles. The van der Waals surface area contributed by atoms with Crippen LogP contribution in [0.5, 0.6) is 0 Å². The molecule has 1 N–H and O–H groups in total. The molecule has 1 saturated heterocycles. The van der Waals surface area contributed by atoms with Crippen LogP contribution in [0.25, 0.3) is 0 Å². The first-order valence-corrected chi connectivity index (χ1v) is 6.56. The number of piperidine rings is 1. The number of methoxy groups -OCH3 is 1. The van der Waals surface area contributed by atoms with Crippen molar-refractivity contribution in [2.75, 3.05) is 26.0 Å². The maximum absolute atomic E-state index is 11.9. The van der Waals surface area contributed by atoms with Gasteiger partial charge in [0.15, 0.2) is 9.84 Å². The average molecular weight is 235 g/mol. The number of esters is 1. The summed E-state index contributed by atoms with van der Waals surface area (Å²) < 4.78 is 27.4. The molecule has 0 aromatic heterocycles. The summed E-state index contributed by atoms with van der Waals surface area (Å²) in [6, 6.07) is 0. The molecule has 15 heavy (non-hydrogen) atoms. The van der Waals surface area contributed by atoms with Crippen molar-refractivity contribution in [1.82, 2.24) is 5.32 Å². The Kier molecular flexibility index (Phi) is 3.72. The maximum atomic E-state index is 11.9. The van der Waals surface area contributed by atoms with E-state index in [1.807, 2.05) is 0 Å². The minimum absolute atomic E-state index is 0.409. The highest BCUT2D eigenvalue weighted by molar-refractivity contribution is 7.93. The fraction of sp³-hybridized carbons (Fsp3) is 0.889. The monoisotopic (exact) mass is 235 g/mol. The van der Waals surface area contributed by atoms with Gasteiger partial charge in [0.25, 0.3) is 0 Å². The number of hydrogen-bond acceptors (Lipinski definition) is 5. The van der Waals surface area contributed by atoms with Crippen molar-refractivity contribution in [2.24, 2.45) is 0 Å². The molecule has 0 aromatic carbocycles. The van der Waals surface area contributed by atoms with Crippen LogP contribution in [0.1, 0.15) is 19.8 Å². The van der Waals surface area contributed by atoms with Crippen molar-refractivity contribution < 1.29 is 17.9 Å². The Morgan fingerprint density at radius 1 is 1.53 bits per heavy atom. The van der Waals surface area contributed by atoms with Gasteiger partial charge in [-0.05, 0) is 26.3 Å². The zero-order chi connectivity index (χ0) is 11.5. The topological polar surface area (TPSA) is 72.5 Å². The maximum Gasteiger partial charge on any atom is 0.320 e. The first-order chi connectivity index (χ1) is 6.91. The molecular weight excluding hydrogens is 218 g/mol. The molecule has 88 valence electrons. The van der Waals surface area contributed by atoms with Crippen molar-refractivity contribution in [3.05, 3.63) is 0 Å². The molecule has 6 heteroatoms. The van der Waals surface area contributed by atoms with E-state index in [9.17, 15) is 13.2 Å². The summed E-state index contributed by atoms with van der Waals surface area (Å²) in [5, 5.41) is 3.04. The van der Waals surface area contributed by atoms with E-state index in [0.717, 1.165) is 13.0 Å². The Morgan fingerprint density at radius 2 is 2.20 bits per heavy atom. The first-order valence-electron chi connectivity index (χ1n) is 4.91. The molecule has 1 rings (SSSR count). The number of carbonyl (C=O) groups is 1. The molecule has 0 saturated carbocycles. The Hall–Kier alpha value is -0.620. The van der Waals surface area contributed by atoms with E-state index in [1.54, 1.807) is 6.92 Å². The van der Waals surface area contributed by atoms with Crippen LogP contribution in [0, 0.1) is 0 Å². The molecule has 5 nitrogen and oxygen atoms in total. The highest BCUT2D eigenvalue weighted by Gasteiger charge is 2.41. The smallest absolute Gasteiger partial charge is 0.320 e. The fourth-order valence-electron chi connectivity index (χ4n) is 1.68. The molecule has 1 atom stereocenters. The molecular formula is C9H17NO4S. The fourth-order valence-corrected chi connectivity index (χ4v) is 3.24. The van der Waals surface area contributed by atoms with E-state index < -0.39 is 26.3 Å². The van der Waals surface area contributed by atoms with Crippen molar-refractivity contribution in [1.29, 1.82) is 0 Å². The van der Waals surface area contributed by atoms with Crippen LogP contribution in [0.2, 0.25) is 0 Å². The summed E-state index contributed by atoms with van der Waals surface area (Å²) in [4.78, 5) is 11.0. The predicted molar refractivity (Wildman–Crippen MR) is 56.3 cm³/mol. The van der Waals surface area contributed by atoms with E-state index >= 15 is 0 Å². The van der Waals surface area contributed by atoms with Crippen LogP contribution >= 0.6 is 0 Å². The third-order valence-corrected chi connectivity index (χ3v) is 5.31. The Labute approximate surface area is 90.1 Å². The minimum Gasteiger partial charge on any atom is -0.468 e. The molecule has 0 radical (unpaired) electrons. The third-order valence-electron chi connectivity index (χ3n) is 2.84. The summed E-state index contributed by atoms with van der Waals surface area (Å²) in [6.45, 7) is 2.92. The van der Waals surface area contributed by atoms with Gasteiger partial charge in [-0.2, -0.15) is 0 Å². The van der Waals surface area contributed by atoms with Crippen LogP contribution in [-0.4, -0.2) is 45.1 Å². The number of sulfone groups is 1. The standard InChI is InChI=1S/C9H17NO4S/c1-9(4-3-5-10-7-9)15(12,13)6-8(11)14-2/h10H,3-7H2,1-2H3. The summed E-state index contributed by atoms with van der Waals surface area (Å²) in [5.74, 6) is -1.22. The van der Waals surface area contributed by atoms with Crippen molar-refractivity contribution in [3.8, 4) is 0 Å². The van der Waals surface area contributed by atoms with Crippen LogP contribution in [0.3, 0.4) is 0 Å². The van der Waals surface area contributed by atoms with Gasteiger partial charge >= 0.3 is 5.97 Å². The molecule has 0 aromatic rings. The Balaban J connectivity index is 2.79. The zero-order valence-electron chi connectivity index (χ0n) is 9.08. The zero-order valence-corrected chi connectivity index (χ0v) is 9.89. The number of ether oxygens (including phenoxy) is 1. The largest absolute Gasteiger partial charge is 0.468 e. The molecule has 0 spiro atoms. The lowest BCUT2D eigenvalue weighted by atomic mass is 10.0. The van der Waals surface area contributed by atoms with E-state index in [4.69, 9.17) is 0 Å². The minimum atomic E-state index is -3.43. The molecule has 0 aliphatic carbocycles. The van der Waals surface area contributed by atoms with Gasteiger partial charge in [0.05, 0.1) is 11.9 Å². The van der Waals surface area contributed by atoms with Gasteiger partial charge in [-0.3, -0.25) is 4.79 Å². The number of rotatable bonds is 3. The van der Waals surface area contributed by atoms with Crippen molar-refractivity contribution in [2.45, 2.75) is 24.5 Å². The normalized spacial score (nSPS) is 27.3. The number of carbonyl (C=O) groups excluding carboxylic acids is 1. The lowest BCUT2D eigenvalue weighted by Crippen LogP contribution is -2.50. The SMILES string of the molecule is COC(=O)CS(=O)(=O)C1(C)CCCNC1. The number of nitrogens with one attached hydrogen (secondary N) is 1. The molecule has 1 aliphatic rings. The Morgan fingerprint density at radius 3 is 2.67 bits per heavy atom. The van der Waals surface area contributed by atoms with E-state index in [1.165, 1.54) is 7.11 Å². The predicted octanol–water partition coefficient (Wildman–Crippen LogP) is -0.284. The van der Waals surface area contributed by atoms with Crippen LogP contribution < -0.4 is 5.32 Å². The quantitative estimate of drug-likeness (QED) is 0.681. The summed E-state index contributed by atoms with van der Waals surface area (Å²) >= 11 is 0. The second kappa shape index (κ2) is 4.49. The molecule has 1 aliphatic heterocycles. The van der Waals surface area contributed by atoms with E-state index in [2.05, 4.69) is 10.1 Å².